The molecule has 0 bridgehead atoms. The van der Waals surface area contributed by atoms with Gasteiger partial charge < -0.3 is 10.1 Å². The van der Waals surface area contributed by atoms with E-state index >= 15 is 0 Å². The smallest absolute Gasteiger partial charge is 0.0599 e. The highest BCUT2D eigenvalue weighted by molar-refractivity contribution is 6.30. The predicted octanol–water partition coefficient (Wildman–Crippen LogP) is 3.81. The van der Waals surface area contributed by atoms with Gasteiger partial charge in [-0.3, -0.25) is 0 Å². The van der Waals surface area contributed by atoms with E-state index in [4.69, 9.17) is 16.3 Å². The fraction of sp³-hybridized carbons (Fsp3) is 0.571. The van der Waals surface area contributed by atoms with Crippen molar-refractivity contribution in [2.24, 2.45) is 0 Å². The lowest BCUT2D eigenvalue weighted by molar-refractivity contribution is -0.00149. The van der Waals surface area contributed by atoms with Crippen molar-refractivity contribution in [3.63, 3.8) is 0 Å². The number of hydrogen-bond acceptors (Lipinski definition) is 2. The van der Waals surface area contributed by atoms with Crippen molar-refractivity contribution >= 4 is 11.6 Å². The van der Waals surface area contributed by atoms with Gasteiger partial charge in [-0.1, -0.05) is 23.7 Å². The van der Waals surface area contributed by atoms with E-state index in [0.29, 0.717) is 6.04 Å². The van der Waals surface area contributed by atoms with Gasteiger partial charge in [0.05, 0.1) is 12.2 Å². The van der Waals surface area contributed by atoms with Crippen LogP contribution in [0.5, 0.6) is 0 Å². The molecule has 0 saturated heterocycles. The molecule has 0 heterocycles. The van der Waals surface area contributed by atoms with Crippen LogP contribution in [0.25, 0.3) is 0 Å². The van der Waals surface area contributed by atoms with Gasteiger partial charge in [0, 0.05) is 17.6 Å². The van der Waals surface area contributed by atoms with E-state index in [1.165, 1.54) is 5.56 Å². The first-order chi connectivity index (χ1) is 7.88. The molecule has 0 amide bonds. The number of rotatable bonds is 5. The lowest BCUT2D eigenvalue weighted by Gasteiger charge is -2.21. The maximum atomic E-state index is 5.85. The summed E-state index contributed by atoms with van der Waals surface area (Å²) in [5.74, 6) is 0. The van der Waals surface area contributed by atoms with E-state index in [9.17, 15) is 0 Å². The van der Waals surface area contributed by atoms with Crippen LogP contribution in [0.15, 0.2) is 24.3 Å². The number of halogens is 1. The molecule has 1 aromatic rings. The standard InChI is InChI=1S/C14H22ClNO/c1-11(12-5-7-13(15)8-6-12)16-9-10-17-14(2,3)4/h5-8,11,16H,9-10H2,1-4H3/t11-/m1/s1. The van der Waals surface area contributed by atoms with Gasteiger partial charge in [-0.2, -0.15) is 0 Å². The van der Waals surface area contributed by atoms with E-state index in [-0.39, 0.29) is 5.60 Å². The first kappa shape index (κ1) is 14.5. The van der Waals surface area contributed by atoms with Crippen LogP contribution in [0, 0.1) is 0 Å². The SMILES string of the molecule is C[C@@H](NCCOC(C)(C)C)c1ccc(Cl)cc1. The Hall–Kier alpha value is -0.570. The highest BCUT2D eigenvalue weighted by Crippen LogP contribution is 2.15. The third-order valence-electron chi connectivity index (χ3n) is 2.46. The third kappa shape index (κ3) is 6.06. The zero-order chi connectivity index (χ0) is 12.9. The summed E-state index contributed by atoms with van der Waals surface area (Å²) < 4.78 is 5.65. The lowest BCUT2D eigenvalue weighted by Crippen LogP contribution is -2.28. The predicted molar refractivity (Wildman–Crippen MR) is 73.6 cm³/mol. The van der Waals surface area contributed by atoms with Gasteiger partial charge >= 0.3 is 0 Å². The fourth-order valence-electron chi connectivity index (χ4n) is 1.50. The minimum atomic E-state index is -0.0643. The molecule has 0 aliphatic heterocycles. The molecule has 0 spiro atoms. The van der Waals surface area contributed by atoms with E-state index in [1.54, 1.807) is 0 Å². The number of hydrogen-bond donors (Lipinski definition) is 1. The Morgan fingerprint density at radius 1 is 1.24 bits per heavy atom. The average Bonchev–Trinajstić information content (AvgIpc) is 2.24. The van der Waals surface area contributed by atoms with Gasteiger partial charge in [0.2, 0.25) is 0 Å². The topological polar surface area (TPSA) is 21.3 Å². The van der Waals surface area contributed by atoms with Crippen LogP contribution in [-0.4, -0.2) is 18.8 Å². The Morgan fingerprint density at radius 2 is 1.82 bits per heavy atom. The van der Waals surface area contributed by atoms with Gasteiger partial charge in [-0.15, -0.1) is 0 Å². The normalized spacial score (nSPS) is 13.7. The van der Waals surface area contributed by atoms with Crippen molar-refractivity contribution < 1.29 is 4.74 Å². The maximum absolute atomic E-state index is 5.85. The van der Waals surface area contributed by atoms with Gasteiger partial charge in [0.15, 0.2) is 0 Å². The summed E-state index contributed by atoms with van der Waals surface area (Å²) in [6.07, 6.45) is 0. The minimum absolute atomic E-state index is 0.0643. The second kappa shape index (κ2) is 6.39. The van der Waals surface area contributed by atoms with Gasteiger partial charge in [-0.25, -0.2) is 0 Å². The summed E-state index contributed by atoms with van der Waals surface area (Å²) in [7, 11) is 0. The molecule has 1 atom stereocenters. The first-order valence-corrected chi connectivity index (χ1v) is 6.39. The summed E-state index contributed by atoms with van der Waals surface area (Å²) in [5, 5.41) is 4.20. The molecular weight excluding hydrogens is 234 g/mol. The van der Waals surface area contributed by atoms with E-state index < -0.39 is 0 Å². The van der Waals surface area contributed by atoms with E-state index in [2.05, 4.69) is 33.0 Å². The highest BCUT2D eigenvalue weighted by atomic mass is 35.5. The van der Waals surface area contributed by atoms with Crippen molar-refractivity contribution in [3.8, 4) is 0 Å². The monoisotopic (exact) mass is 255 g/mol. The Bertz CT molecular complexity index is 329. The molecule has 3 heteroatoms. The summed E-state index contributed by atoms with van der Waals surface area (Å²) in [6, 6.07) is 8.24. The quantitative estimate of drug-likeness (QED) is 0.808. The Morgan fingerprint density at radius 3 is 2.35 bits per heavy atom. The van der Waals surface area contributed by atoms with Crippen LogP contribution >= 0.6 is 11.6 Å². The average molecular weight is 256 g/mol. The summed E-state index contributed by atoms with van der Waals surface area (Å²) >= 11 is 5.85. The molecule has 0 aliphatic carbocycles. The van der Waals surface area contributed by atoms with Crippen LogP contribution < -0.4 is 5.32 Å². The largest absolute Gasteiger partial charge is 0.375 e. The van der Waals surface area contributed by atoms with Gasteiger partial charge in [-0.05, 0) is 45.4 Å². The molecule has 96 valence electrons. The van der Waals surface area contributed by atoms with Crippen LogP contribution in [0.1, 0.15) is 39.3 Å². The zero-order valence-corrected chi connectivity index (χ0v) is 11.8. The van der Waals surface area contributed by atoms with Crippen LogP contribution in [0.4, 0.5) is 0 Å². The Labute approximate surface area is 109 Å². The maximum Gasteiger partial charge on any atom is 0.0599 e. The zero-order valence-electron chi connectivity index (χ0n) is 11.1. The number of benzene rings is 1. The van der Waals surface area contributed by atoms with Crippen molar-refractivity contribution in [2.45, 2.75) is 39.3 Å². The molecule has 2 nitrogen and oxygen atoms in total. The first-order valence-electron chi connectivity index (χ1n) is 6.01. The van der Waals surface area contributed by atoms with Crippen LogP contribution in [-0.2, 0) is 4.74 Å². The molecule has 0 fully saturated rings. The molecule has 0 saturated carbocycles. The van der Waals surface area contributed by atoms with Crippen molar-refractivity contribution in [1.82, 2.24) is 5.32 Å². The molecule has 17 heavy (non-hydrogen) atoms. The van der Waals surface area contributed by atoms with Crippen LogP contribution in [0.2, 0.25) is 5.02 Å². The van der Waals surface area contributed by atoms with Crippen LogP contribution in [0.3, 0.4) is 0 Å². The van der Waals surface area contributed by atoms with Gasteiger partial charge in [0.25, 0.3) is 0 Å². The molecule has 0 aromatic heterocycles. The molecule has 0 aliphatic rings. The van der Waals surface area contributed by atoms with Crippen molar-refractivity contribution in [2.75, 3.05) is 13.2 Å². The Balaban J connectivity index is 2.30. The molecule has 1 rings (SSSR count). The van der Waals surface area contributed by atoms with E-state index in [0.717, 1.165) is 18.2 Å². The van der Waals surface area contributed by atoms with Crippen molar-refractivity contribution in [3.05, 3.63) is 34.9 Å². The number of ether oxygens (including phenoxy) is 1. The molecule has 0 unspecified atom stereocenters. The molecule has 1 aromatic carbocycles. The summed E-state index contributed by atoms with van der Waals surface area (Å²) in [6.45, 7) is 9.91. The second-order valence-electron chi connectivity index (χ2n) is 5.19. The highest BCUT2D eigenvalue weighted by Gasteiger charge is 2.10. The number of nitrogens with one attached hydrogen (secondary N) is 1. The third-order valence-corrected chi connectivity index (χ3v) is 2.71. The van der Waals surface area contributed by atoms with E-state index in [1.807, 2.05) is 24.3 Å². The minimum Gasteiger partial charge on any atom is -0.375 e. The molecule has 1 N–H and O–H groups in total. The van der Waals surface area contributed by atoms with Crippen molar-refractivity contribution in [1.29, 1.82) is 0 Å². The summed E-state index contributed by atoms with van der Waals surface area (Å²) in [5.41, 5.74) is 1.18. The second-order valence-corrected chi connectivity index (χ2v) is 5.62. The Kier molecular flexibility index (Phi) is 5.44. The molecular formula is C14H22ClNO. The van der Waals surface area contributed by atoms with Gasteiger partial charge in [0.1, 0.15) is 0 Å². The fourth-order valence-corrected chi connectivity index (χ4v) is 1.63. The molecule has 0 radical (unpaired) electrons. The lowest BCUT2D eigenvalue weighted by atomic mass is 10.1. The summed E-state index contributed by atoms with van der Waals surface area (Å²) in [4.78, 5) is 0.